The molecule has 4 rings (SSSR count). The van der Waals surface area contributed by atoms with Crippen molar-refractivity contribution in [2.24, 2.45) is 0 Å². The van der Waals surface area contributed by atoms with Gasteiger partial charge in [-0.2, -0.15) is 0 Å². The molecule has 0 fully saturated rings. The summed E-state index contributed by atoms with van der Waals surface area (Å²) in [7, 11) is 0. The third-order valence-electron chi connectivity index (χ3n) is 4.68. The number of aryl methyl sites for hydroxylation is 1. The molecule has 0 aliphatic rings. The smallest absolute Gasteiger partial charge is 0.274 e. The van der Waals surface area contributed by atoms with Gasteiger partial charge in [-0.3, -0.25) is 14.3 Å². The highest BCUT2D eigenvalue weighted by molar-refractivity contribution is 7.98. The summed E-state index contributed by atoms with van der Waals surface area (Å²) in [6.45, 7) is 1.88. The summed E-state index contributed by atoms with van der Waals surface area (Å²) >= 11 is 2.63. The first-order valence-corrected chi connectivity index (χ1v) is 11.7. The van der Waals surface area contributed by atoms with Crippen LogP contribution in [0.1, 0.15) is 18.2 Å². The molecular formula is C22H20FN5O2S2. The minimum Gasteiger partial charge on any atom is -0.274 e. The number of nitrogens with one attached hydrogen (secondary N) is 1. The Hall–Kier alpha value is -3.24. The number of para-hydroxylation sites is 1. The molecule has 0 atom stereocenters. The fraction of sp³-hybridized carbons (Fsp3) is 0.182. The summed E-state index contributed by atoms with van der Waals surface area (Å²) in [5.74, 6) is -0.367. The maximum Gasteiger partial charge on any atom is 0.343 e. The van der Waals surface area contributed by atoms with Gasteiger partial charge in [-0.05, 0) is 24.1 Å². The molecule has 0 saturated carbocycles. The monoisotopic (exact) mass is 469 g/mol. The molecule has 0 bridgehead atoms. The van der Waals surface area contributed by atoms with Crippen LogP contribution in [-0.4, -0.2) is 25.7 Å². The number of hydrogen-bond donors (Lipinski definition) is 1. The SMILES string of the molecule is CC(=O)N(c1nc(CSc2n[nH]c(=O)n2CCc2ccccc2)cs1)c1ccccc1F. The van der Waals surface area contributed by atoms with E-state index in [1.165, 1.54) is 41.0 Å². The number of halogens is 1. The molecule has 4 aromatic rings. The minimum atomic E-state index is -0.493. The van der Waals surface area contributed by atoms with Gasteiger partial charge in [0.15, 0.2) is 10.3 Å². The van der Waals surface area contributed by atoms with Gasteiger partial charge < -0.3 is 0 Å². The molecule has 2 aromatic carbocycles. The van der Waals surface area contributed by atoms with Crippen molar-refractivity contribution in [1.29, 1.82) is 0 Å². The Morgan fingerprint density at radius 1 is 1.19 bits per heavy atom. The Balaban J connectivity index is 1.46. The fourth-order valence-corrected chi connectivity index (χ4v) is 4.99. The zero-order chi connectivity index (χ0) is 22.5. The lowest BCUT2D eigenvalue weighted by atomic mass is 10.1. The van der Waals surface area contributed by atoms with Crippen LogP contribution in [0.4, 0.5) is 15.2 Å². The topological polar surface area (TPSA) is 83.9 Å². The Kier molecular flexibility index (Phi) is 6.81. The lowest BCUT2D eigenvalue weighted by Crippen LogP contribution is -2.23. The number of anilines is 2. The van der Waals surface area contributed by atoms with E-state index in [9.17, 15) is 14.0 Å². The van der Waals surface area contributed by atoms with Crippen molar-refractivity contribution in [3.63, 3.8) is 0 Å². The quantitative estimate of drug-likeness (QED) is 0.387. The molecule has 10 heteroatoms. The second-order valence-electron chi connectivity index (χ2n) is 6.91. The van der Waals surface area contributed by atoms with Gasteiger partial charge in [0.05, 0.1) is 11.4 Å². The highest BCUT2D eigenvalue weighted by atomic mass is 32.2. The van der Waals surface area contributed by atoms with Crippen molar-refractivity contribution in [3.8, 4) is 0 Å². The predicted octanol–water partition coefficient (Wildman–Crippen LogP) is 4.39. The van der Waals surface area contributed by atoms with Crippen LogP contribution in [0.15, 0.2) is 69.9 Å². The van der Waals surface area contributed by atoms with E-state index in [1.54, 1.807) is 22.8 Å². The number of thioether (sulfide) groups is 1. The second-order valence-corrected chi connectivity index (χ2v) is 8.69. The average molecular weight is 470 g/mol. The number of carbonyl (C=O) groups is 1. The van der Waals surface area contributed by atoms with Crippen LogP contribution >= 0.6 is 23.1 Å². The number of benzene rings is 2. The van der Waals surface area contributed by atoms with Crippen LogP contribution in [0.25, 0.3) is 0 Å². The molecule has 32 heavy (non-hydrogen) atoms. The molecule has 2 aromatic heterocycles. The standard InChI is InChI=1S/C22H20FN5O2S2/c1-15(29)28(19-10-6-5-9-18(19)23)21-24-17(13-31-21)14-32-22-26-25-20(30)27(22)12-11-16-7-3-2-4-8-16/h2-10,13H,11-12,14H2,1H3,(H,25,30). The summed E-state index contributed by atoms with van der Waals surface area (Å²) in [5.41, 5.74) is 1.75. The fourth-order valence-electron chi connectivity index (χ4n) is 3.14. The van der Waals surface area contributed by atoms with Gasteiger partial charge in [0.2, 0.25) is 5.91 Å². The van der Waals surface area contributed by atoms with Gasteiger partial charge >= 0.3 is 5.69 Å². The molecule has 0 radical (unpaired) electrons. The molecule has 2 heterocycles. The summed E-state index contributed by atoms with van der Waals surface area (Å²) < 4.78 is 15.8. The van der Waals surface area contributed by atoms with E-state index in [2.05, 4.69) is 15.2 Å². The summed E-state index contributed by atoms with van der Waals surface area (Å²) in [6.07, 6.45) is 0.713. The molecule has 1 amide bonds. The molecule has 0 aliphatic heterocycles. The molecule has 0 saturated heterocycles. The highest BCUT2D eigenvalue weighted by Gasteiger charge is 2.21. The van der Waals surface area contributed by atoms with Crippen molar-refractivity contribution in [2.45, 2.75) is 30.8 Å². The van der Waals surface area contributed by atoms with Crippen LogP contribution in [-0.2, 0) is 23.5 Å². The van der Waals surface area contributed by atoms with Crippen molar-refractivity contribution in [3.05, 3.63) is 87.5 Å². The Labute approximate surface area is 191 Å². The molecule has 0 spiro atoms. The van der Waals surface area contributed by atoms with E-state index < -0.39 is 5.82 Å². The zero-order valence-corrected chi connectivity index (χ0v) is 18.8. The number of aromatic nitrogens is 4. The first kappa shape index (κ1) is 22.0. The van der Waals surface area contributed by atoms with Crippen LogP contribution < -0.4 is 10.6 Å². The van der Waals surface area contributed by atoms with Crippen LogP contribution in [0.3, 0.4) is 0 Å². The van der Waals surface area contributed by atoms with E-state index in [1.807, 2.05) is 35.7 Å². The normalized spacial score (nSPS) is 10.9. The Morgan fingerprint density at radius 3 is 2.69 bits per heavy atom. The zero-order valence-electron chi connectivity index (χ0n) is 17.2. The van der Waals surface area contributed by atoms with E-state index in [-0.39, 0.29) is 17.3 Å². The molecule has 0 unspecified atom stereocenters. The molecule has 7 nitrogen and oxygen atoms in total. The summed E-state index contributed by atoms with van der Waals surface area (Å²) in [6, 6.07) is 16.0. The van der Waals surface area contributed by atoms with E-state index in [0.717, 1.165) is 5.56 Å². The summed E-state index contributed by atoms with van der Waals surface area (Å²) in [5, 5.41) is 9.40. The van der Waals surface area contributed by atoms with Gasteiger partial charge in [-0.1, -0.05) is 54.2 Å². The third-order valence-corrected chi connectivity index (χ3v) is 6.56. The lowest BCUT2D eigenvalue weighted by Gasteiger charge is -2.18. The van der Waals surface area contributed by atoms with Crippen molar-refractivity contribution >= 4 is 39.8 Å². The van der Waals surface area contributed by atoms with Gasteiger partial charge in [0.25, 0.3) is 0 Å². The number of carbonyl (C=O) groups excluding carboxylic acids is 1. The van der Waals surface area contributed by atoms with Gasteiger partial charge in [0.1, 0.15) is 5.82 Å². The Bertz CT molecular complexity index is 1270. The first-order chi connectivity index (χ1) is 15.5. The number of amides is 1. The number of H-pyrrole nitrogens is 1. The van der Waals surface area contributed by atoms with Crippen LogP contribution in [0, 0.1) is 5.82 Å². The molecule has 0 aliphatic carbocycles. The number of aromatic amines is 1. The minimum absolute atomic E-state index is 0.163. The second kappa shape index (κ2) is 9.92. The van der Waals surface area contributed by atoms with Crippen LogP contribution in [0.5, 0.6) is 0 Å². The van der Waals surface area contributed by atoms with Crippen molar-refractivity contribution < 1.29 is 9.18 Å². The number of rotatable bonds is 8. The highest BCUT2D eigenvalue weighted by Crippen LogP contribution is 2.32. The van der Waals surface area contributed by atoms with Crippen LogP contribution in [0.2, 0.25) is 0 Å². The van der Waals surface area contributed by atoms with E-state index in [0.29, 0.717) is 34.7 Å². The maximum atomic E-state index is 14.2. The maximum absolute atomic E-state index is 14.2. The number of hydrogen-bond acceptors (Lipinski definition) is 6. The average Bonchev–Trinajstić information content (AvgIpc) is 3.39. The van der Waals surface area contributed by atoms with Gasteiger partial charge in [0, 0.05) is 24.6 Å². The van der Waals surface area contributed by atoms with Gasteiger partial charge in [-0.15, -0.1) is 16.4 Å². The summed E-state index contributed by atoms with van der Waals surface area (Å²) in [4.78, 5) is 30.1. The molecule has 1 N–H and O–H groups in total. The largest absolute Gasteiger partial charge is 0.343 e. The number of nitrogens with zero attached hydrogens (tertiary/aromatic N) is 4. The predicted molar refractivity (Wildman–Crippen MR) is 124 cm³/mol. The Morgan fingerprint density at radius 2 is 1.94 bits per heavy atom. The molecule has 164 valence electrons. The number of thiazole rings is 1. The third kappa shape index (κ3) is 4.97. The molecular weight excluding hydrogens is 449 g/mol. The lowest BCUT2D eigenvalue weighted by molar-refractivity contribution is -0.115. The van der Waals surface area contributed by atoms with E-state index >= 15 is 0 Å². The van der Waals surface area contributed by atoms with Crippen molar-refractivity contribution in [1.82, 2.24) is 19.7 Å². The van der Waals surface area contributed by atoms with E-state index in [4.69, 9.17) is 0 Å². The van der Waals surface area contributed by atoms with Gasteiger partial charge in [-0.25, -0.2) is 19.3 Å². The van der Waals surface area contributed by atoms with Crippen molar-refractivity contribution in [2.75, 3.05) is 4.90 Å². The first-order valence-electron chi connectivity index (χ1n) is 9.84.